The van der Waals surface area contributed by atoms with Crippen LogP contribution in [0.5, 0.6) is 0 Å². The number of amides is 2. The second kappa shape index (κ2) is 7.30. The van der Waals surface area contributed by atoms with Gasteiger partial charge >= 0.3 is 0 Å². The predicted molar refractivity (Wildman–Crippen MR) is 94.5 cm³/mol. The summed E-state index contributed by atoms with van der Waals surface area (Å²) >= 11 is 0. The minimum absolute atomic E-state index is 0.0117. The predicted octanol–water partition coefficient (Wildman–Crippen LogP) is 3.46. The summed E-state index contributed by atoms with van der Waals surface area (Å²) in [5.41, 5.74) is 3.11. The fraction of sp³-hybridized carbons (Fsp3) is 0.300. The van der Waals surface area contributed by atoms with Crippen molar-refractivity contribution in [2.45, 2.75) is 32.2 Å². The van der Waals surface area contributed by atoms with E-state index in [0.29, 0.717) is 19.3 Å². The van der Waals surface area contributed by atoms with E-state index in [2.05, 4.69) is 10.6 Å². The van der Waals surface area contributed by atoms with E-state index in [9.17, 15) is 9.59 Å². The second-order valence-corrected chi connectivity index (χ2v) is 6.29. The number of carbonyl (C=O) groups excluding carboxylic acids is 2. The van der Waals surface area contributed by atoms with E-state index in [4.69, 9.17) is 0 Å². The van der Waals surface area contributed by atoms with Gasteiger partial charge in [0.15, 0.2) is 0 Å². The van der Waals surface area contributed by atoms with Gasteiger partial charge in [-0.05, 0) is 37.0 Å². The van der Waals surface area contributed by atoms with Gasteiger partial charge in [-0.1, -0.05) is 48.5 Å². The Kier molecular flexibility index (Phi) is 4.94. The third kappa shape index (κ3) is 3.82. The normalized spacial score (nSPS) is 17.5. The molecule has 2 aromatic rings. The molecule has 2 unspecified atom stereocenters. The lowest BCUT2D eigenvalue weighted by Crippen LogP contribution is -2.32. The molecule has 2 amide bonds. The molecule has 0 aromatic heterocycles. The molecule has 1 heterocycles. The standard InChI is InChI=1S/C20H22N2O2/c1-14(15-7-3-2-4-8-15)21-19(23)12-11-17-13-16-9-5-6-10-18(16)22-20(17)24/h2-10,14,17H,11-13H2,1H3,(H,21,23)(H,22,24). The van der Waals surface area contributed by atoms with Crippen LogP contribution in [0.15, 0.2) is 54.6 Å². The smallest absolute Gasteiger partial charge is 0.227 e. The number of anilines is 1. The van der Waals surface area contributed by atoms with Crippen molar-refractivity contribution in [3.63, 3.8) is 0 Å². The van der Waals surface area contributed by atoms with Crippen LogP contribution in [-0.4, -0.2) is 11.8 Å². The molecule has 0 bridgehead atoms. The van der Waals surface area contributed by atoms with Crippen LogP contribution in [-0.2, 0) is 16.0 Å². The maximum absolute atomic E-state index is 12.2. The largest absolute Gasteiger partial charge is 0.350 e. The van der Waals surface area contributed by atoms with Crippen LogP contribution in [0.1, 0.15) is 36.9 Å². The average molecular weight is 322 g/mol. The molecule has 0 spiro atoms. The summed E-state index contributed by atoms with van der Waals surface area (Å²) in [6, 6.07) is 17.7. The molecule has 4 heteroatoms. The highest BCUT2D eigenvalue weighted by atomic mass is 16.2. The Morgan fingerprint density at radius 1 is 1.17 bits per heavy atom. The van der Waals surface area contributed by atoms with Crippen LogP contribution in [0, 0.1) is 5.92 Å². The van der Waals surface area contributed by atoms with Crippen molar-refractivity contribution in [1.29, 1.82) is 0 Å². The van der Waals surface area contributed by atoms with Crippen LogP contribution >= 0.6 is 0 Å². The number of hydrogen-bond donors (Lipinski definition) is 2. The maximum atomic E-state index is 12.2. The lowest BCUT2D eigenvalue weighted by Gasteiger charge is -2.24. The Bertz CT molecular complexity index is 727. The van der Waals surface area contributed by atoms with Gasteiger partial charge in [-0.15, -0.1) is 0 Å². The molecule has 2 atom stereocenters. The molecular formula is C20H22N2O2. The topological polar surface area (TPSA) is 58.2 Å². The summed E-state index contributed by atoms with van der Waals surface area (Å²) in [6.45, 7) is 1.97. The zero-order valence-corrected chi connectivity index (χ0v) is 13.8. The second-order valence-electron chi connectivity index (χ2n) is 6.29. The number of nitrogens with one attached hydrogen (secondary N) is 2. The van der Waals surface area contributed by atoms with E-state index in [0.717, 1.165) is 16.8 Å². The van der Waals surface area contributed by atoms with Gasteiger partial charge in [0.25, 0.3) is 0 Å². The number of rotatable bonds is 5. The van der Waals surface area contributed by atoms with Crippen molar-refractivity contribution in [2.75, 3.05) is 5.32 Å². The first-order valence-electron chi connectivity index (χ1n) is 8.36. The maximum Gasteiger partial charge on any atom is 0.227 e. The monoisotopic (exact) mass is 322 g/mol. The molecule has 1 aliphatic heterocycles. The van der Waals surface area contributed by atoms with Gasteiger partial charge in [0, 0.05) is 18.0 Å². The first-order valence-corrected chi connectivity index (χ1v) is 8.36. The molecule has 24 heavy (non-hydrogen) atoms. The van der Waals surface area contributed by atoms with Crippen molar-refractivity contribution in [1.82, 2.24) is 5.32 Å². The van der Waals surface area contributed by atoms with Gasteiger partial charge in [-0.3, -0.25) is 9.59 Å². The molecule has 0 fully saturated rings. The first kappa shape index (κ1) is 16.2. The minimum atomic E-state index is -0.141. The highest BCUT2D eigenvalue weighted by molar-refractivity contribution is 5.96. The molecule has 124 valence electrons. The number of benzene rings is 2. The zero-order chi connectivity index (χ0) is 16.9. The van der Waals surface area contributed by atoms with Gasteiger partial charge in [-0.25, -0.2) is 0 Å². The molecule has 2 N–H and O–H groups in total. The summed E-state index contributed by atoms with van der Waals surface area (Å²) in [4.78, 5) is 24.3. The van der Waals surface area contributed by atoms with Gasteiger partial charge < -0.3 is 10.6 Å². The number of hydrogen-bond acceptors (Lipinski definition) is 2. The molecule has 0 saturated carbocycles. The van der Waals surface area contributed by atoms with E-state index in [1.165, 1.54) is 0 Å². The third-order valence-electron chi connectivity index (χ3n) is 4.51. The van der Waals surface area contributed by atoms with E-state index in [1.54, 1.807) is 0 Å². The lowest BCUT2D eigenvalue weighted by molar-refractivity contribution is -0.123. The fourth-order valence-corrected chi connectivity index (χ4v) is 3.09. The third-order valence-corrected chi connectivity index (χ3v) is 4.51. The summed E-state index contributed by atoms with van der Waals surface area (Å²) in [6.07, 6.45) is 1.62. The van der Waals surface area contributed by atoms with Crippen LogP contribution in [0.3, 0.4) is 0 Å². The van der Waals surface area contributed by atoms with Crippen LogP contribution in [0.25, 0.3) is 0 Å². The highest BCUT2D eigenvalue weighted by Gasteiger charge is 2.26. The van der Waals surface area contributed by atoms with Crippen LogP contribution in [0.4, 0.5) is 5.69 Å². The Labute approximate surface area is 142 Å². The van der Waals surface area contributed by atoms with Crippen molar-refractivity contribution >= 4 is 17.5 Å². The zero-order valence-electron chi connectivity index (χ0n) is 13.8. The van der Waals surface area contributed by atoms with Crippen molar-refractivity contribution in [2.24, 2.45) is 5.92 Å². The number of carbonyl (C=O) groups is 2. The van der Waals surface area contributed by atoms with Gasteiger partial charge in [0.2, 0.25) is 11.8 Å². The van der Waals surface area contributed by atoms with Gasteiger partial charge in [0.05, 0.1) is 6.04 Å². The summed E-state index contributed by atoms with van der Waals surface area (Å²) in [7, 11) is 0. The molecular weight excluding hydrogens is 300 g/mol. The molecule has 4 nitrogen and oxygen atoms in total. The molecule has 1 aliphatic rings. The van der Waals surface area contributed by atoms with Crippen molar-refractivity contribution in [3.8, 4) is 0 Å². The van der Waals surface area contributed by atoms with Crippen LogP contribution < -0.4 is 10.6 Å². The fourth-order valence-electron chi connectivity index (χ4n) is 3.09. The summed E-state index contributed by atoms with van der Waals surface area (Å²) in [5, 5.41) is 5.93. The highest BCUT2D eigenvalue weighted by Crippen LogP contribution is 2.27. The van der Waals surface area contributed by atoms with Gasteiger partial charge in [0.1, 0.15) is 0 Å². The molecule has 0 saturated heterocycles. The Hall–Kier alpha value is -2.62. The Balaban J connectivity index is 1.52. The SMILES string of the molecule is CC(NC(=O)CCC1Cc2ccccc2NC1=O)c1ccccc1. The molecule has 0 radical (unpaired) electrons. The lowest BCUT2D eigenvalue weighted by atomic mass is 9.89. The Morgan fingerprint density at radius 3 is 2.67 bits per heavy atom. The van der Waals surface area contributed by atoms with E-state index in [1.807, 2.05) is 61.5 Å². The Morgan fingerprint density at radius 2 is 1.88 bits per heavy atom. The van der Waals surface area contributed by atoms with Gasteiger partial charge in [-0.2, -0.15) is 0 Å². The molecule has 0 aliphatic carbocycles. The summed E-state index contributed by atoms with van der Waals surface area (Å²) in [5.74, 6) is -0.145. The van der Waals surface area contributed by atoms with E-state index >= 15 is 0 Å². The average Bonchev–Trinajstić information content (AvgIpc) is 2.60. The molecule has 3 rings (SSSR count). The van der Waals surface area contributed by atoms with E-state index < -0.39 is 0 Å². The van der Waals surface area contributed by atoms with Crippen molar-refractivity contribution < 1.29 is 9.59 Å². The number of para-hydroxylation sites is 1. The van der Waals surface area contributed by atoms with Crippen LogP contribution in [0.2, 0.25) is 0 Å². The molecule has 2 aromatic carbocycles. The number of fused-ring (bicyclic) bond motifs is 1. The minimum Gasteiger partial charge on any atom is -0.350 e. The van der Waals surface area contributed by atoms with E-state index in [-0.39, 0.29) is 23.8 Å². The van der Waals surface area contributed by atoms with Crippen molar-refractivity contribution in [3.05, 3.63) is 65.7 Å². The summed E-state index contributed by atoms with van der Waals surface area (Å²) < 4.78 is 0. The first-order chi connectivity index (χ1) is 11.6. The quantitative estimate of drug-likeness (QED) is 0.886.